The minimum Gasteiger partial charge on any atom is -0.481 e. The van der Waals surface area contributed by atoms with Gasteiger partial charge in [-0.1, -0.05) is 12.1 Å². The molecule has 1 saturated heterocycles. The average molecular weight is 295 g/mol. The second-order valence-corrected chi connectivity index (χ2v) is 5.36. The van der Waals surface area contributed by atoms with Crippen LogP contribution in [-0.4, -0.2) is 56.6 Å². The molecule has 1 aromatic heterocycles. The summed E-state index contributed by atoms with van der Waals surface area (Å²) in [7, 11) is 0. The van der Waals surface area contributed by atoms with E-state index in [1.165, 1.54) is 0 Å². The number of hydrogen-bond acceptors (Lipinski definition) is 4. The third kappa shape index (κ3) is 3.50. The van der Waals surface area contributed by atoms with Crippen LogP contribution in [0.3, 0.4) is 0 Å². The first-order chi connectivity index (χ1) is 10.1. The summed E-state index contributed by atoms with van der Waals surface area (Å²) in [5.74, 6) is -0.813. The Kier molecular flexibility index (Phi) is 4.77. The van der Waals surface area contributed by atoms with Crippen molar-refractivity contribution in [1.29, 1.82) is 0 Å². The molecule has 2 amide bonds. The molecule has 0 radical (unpaired) electrons. The Balaban J connectivity index is 1.73. The van der Waals surface area contributed by atoms with Crippen LogP contribution in [-0.2, 0) is 11.3 Å². The molecule has 0 bridgehead atoms. The molecule has 2 N–H and O–H groups in total. The molecule has 2 heterocycles. The molecule has 21 heavy (non-hydrogen) atoms. The van der Waals surface area contributed by atoms with Gasteiger partial charge in [0.15, 0.2) is 0 Å². The van der Waals surface area contributed by atoms with Gasteiger partial charge in [0, 0.05) is 32.4 Å². The molecule has 0 saturated carbocycles. The maximum absolute atomic E-state index is 12.0. The Hall–Kier alpha value is -2.12. The van der Waals surface area contributed by atoms with Crippen molar-refractivity contribution in [2.45, 2.75) is 32.7 Å². The van der Waals surface area contributed by atoms with Crippen LogP contribution in [0.4, 0.5) is 4.79 Å². The fraction of sp³-hybridized carbons (Fsp3) is 0.692. The smallest absolute Gasteiger partial charge is 0.317 e. The van der Waals surface area contributed by atoms with Gasteiger partial charge in [0.2, 0.25) is 0 Å². The summed E-state index contributed by atoms with van der Waals surface area (Å²) in [6.45, 7) is 3.85. The van der Waals surface area contributed by atoms with Crippen molar-refractivity contribution in [2.75, 3.05) is 19.6 Å². The molecule has 1 unspecified atom stereocenters. The Morgan fingerprint density at radius 3 is 2.86 bits per heavy atom. The average Bonchev–Trinajstić information content (AvgIpc) is 3.13. The molecule has 0 aromatic carbocycles. The van der Waals surface area contributed by atoms with Gasteiger partial charge in [0.1, 0.15) is 0 Å². The zero-order valence-electron chi connectivity index (χ0n) is 12.2. The number of nitrogens with one attached hydrogen (secondary N) is 1. The number of likely N-dealkylation sites (tertiary alicyclic amines) is 1. The lowest BCUT2D eigenvalue weighted by molar-refractivity contribution is -0.148. The van der Waals surface area contributed by atoms with Gasteiger partial charge in [-0.15, -0.1) is 5.10 Å². The number of carboxylic acids is 1. The first kappa shape index (κ1) is 15.3. The lowest BCUT2D eigenvalue weighted by Gasteiger charge is -2.23. The molecule has 8 nitrogen and oxygen atoms in total. The van der Waals surface area contributed by atoms with E-state index in [9.17, 15) is 14.7 Å². The van der Waals surface area contributed by atoms with Crippen LogP contribution in [0.25, 0.3) is 0 Å². The molecule has 116 valence electrons. The number of nitrogens with zero attached hydrogens (tertiary/aromatic N) is 4. The van der Waals surface area contributed by atoms with E-state index >= 15 is 0 Å². The zero-order valence-corrected chi connectivity index (χ0v) is 12.2. The third-order valence-corrected chi connectivity index (χ3v) is 4.08. The fourth-order valence-corrected chi connectivity index (χ4v) is 2.56. The van der Waals surface area contributed by atoms with E-state index in [1.54, 1.807) is 22.0 Å². The maximum Gasteiger partial charge on any atom is 0.317 e. The molecule has 0 spiro atoms. The Morgan fingerprint density at radius 2 is 2.29 bits per heavy atom. The molecular formula is C13H21N5O3. The van der Waals surface area contributed by atoms with Gasteiger partial charge in [-0.05, 0) is 19.3 Å². The van der Waals surface area contributed by atoms with Crippen molar-refractivity contribution in [3.63, 3.8) is 0 Å². The Labute approximate surface area is 123 Å². The van der Waals surface area contributed by atoms with E-state index < -0.39 is 11.4 Å². The quantitative estimate of drug-likeness (QED) is 0.747. The molecule has 1 aliphatic rings. The van der Waals surface area contributed by atoms with E-state index in [4.69, 9.17) is 0 Å². The molecule has 1 fully saturated rings. The van der Waals surface area contributed by atoms with Crippen molar-refractivity contribution in [3.8, 4) is 0 Å². The van der Waals surface area contributed by atoms with E-state index in [0.717, 1.165) is 6.42 Å². The lowest BCUT2D eigenvalue weighted by Crippen LogP contribution is -2.42. The highest BCUT2D eigenvalue weighted by Gasteiger charge is 2.44. The molecule has 1 aliphatic heterocycles. The number of aryl methyl sites for hydroxylation is 1. The van der Waals surface area contributed by atoms with Gasteiger partial charge in [0.25, 0.3) is 0 Å². The SMILES string of the molecule is CCC1(C(=O)O)CCN(C(=O)NCCCn2ccnn2)C1. The van der Waals surface area contributed by atoms with Crippen molar-refractivity contribution in [2.24, 2.45) is 5.41 Å². The summed E-state index contributed by atoms with van der Waals surface area (Å²) in [5, 5.41) is 19.7. The van der Waals surface area contributed by atoms with Crippen LogP contribution in [0.1, 0.15) is 26.2 Å². The number of carbonyl (C=O) groups excluding carboxylic acids is 1. The standard InChI is InChI=1S/C13H21N5O3/c1-2-13(11(19)20)4-8-17(10-13)12(21)14-5-3-7-18-9-6-15-16-18/h6,9H,2-5,7-8,10H2,1H3,(H,14,21)(H,19,20). The third-order valence-electron chi connectivity index (χ3n) is 4.08. The number of aromatic nitrogens is 3. The van der Waals surface area contributed by atoms with Crippen molar-refractivity contribution < 1.29 is 14.7 Å². The molecular weight excluding hydrogens is 274 g/mol. The fourth-order valence-electron chi connectivity index (χ4n) is 2.56. The molecule has 1 atom stereocenters. The number of amides is 2. The first-order valence-corrected chi connectivity index (χ1v) is 7.18. The van der Waals surface area contributed by atoms with Gasteiger partial charge in [-0.2, -0.15) is 0 Å². The minimum absolute atomic E-state index is 0.190. The number of carbonyl (C=O) groups is 2. The summed E-state index contributed by atoms with van der Waals surface area (Å²) in [4.78, 5) is 25.0. The van der Waals surface area contributed by atoms with E-state index in [1.807, 2.05) is 6.92 Å². The number of rotatable bonds is 6. The highest BCUT2D eigenvalue weighted by molar-refractivity contribution is 5.79. The predicted molar refractivity (Wildman–Crippen MR) is 74.6 cm³/mol. The molecule has 8 heteroatoms. The number of aliphatic carboxylic acids is 1. The van der Waals surface area contributed by atoms with Crippen LogP contribution >= 0.6 is 0 Å². The Bertz CT molecular complexity index is 490. The predicted octanol–water partition coefficient (Wildman–Crippen LogP) is 0.564. The lowest BCUT2D eigenvalue weighted by atomic mass is 9.84. The van der Waals surface area contributed by atoms with E-state index in [0.29, 0.717) is 32.5 Å². The van der Waals surface area contributed by atoms with Gasteiger partial charge >= 0.3 is 12.0 Å². The molecule has 0 aliphatic carbocycles. The second kappa shape index (κ2) is 6.55. The number of hydrogen-bond donors (Lipinski definition) is 2. The second-order valence-electron chi connectivity index (χ2n) is 5.36. The number of urea groups is 1. The monoisotopic (exact) mass is 295 g/mol. The van der Waals surface area contributed by atoms with Gasteiger partial charge in [-0.3, -0.25) is 9.48 Å². The van der Waals surface area contributed by atoms with Gasteiger partial charge < -0.3 is 15.3 Å². The topological polar surface area (TPSA) is 100 Å². The van der Waals surface area contributed by atoms with Crippen molar-refractivity contribution in [3.05, 3.63) is 12.4 Å². The molecule has 2 rings (SSSR count). The highest BCUT2D eigenvalue weighted by Crippen LogP contribution is 2.34. The van der Waals surface area contributed by atoms with Crippen molar-refractivity contribution in [1.82, 2.24) is 25.2 Å². The summed E-state index contributed by atoms with van der Waals surface area (Å²) in [6, 6.07) is -0.190. The maximum atomic E-state index is 12.0. The zero-order chi connectivity index (χ0) is 15.3. The highest BCUT2D eigenvalue weighted by atomic mass is 16.4. The normalized spacial score (nSPS) is 21.5. The summed E-state index contributed by atoms with van der Waals surface area (Å²) >= 11 is 0. The van der Waals surface area contributed by atoms with Crippen LogP contribution in [0.2, 0.25) is 0 Å². The minimum atomic E-state index is -0.813. The summed E-state index contributed by atoms with van der Waals surface area (Å²) < 4.78 is 1.70. The van der Waals surface area contributed by atoms with Crippen LogP contribution in [0.15, 0.2) is 12.4 Å². The van der Waals surface area contributed by atoms with Crippen molar-refractivity contribution >= 4 is 12.0 Å². The van der Waals surface area contributed by atoms with E-state index in [-0.39, 0.29) is 12.6 Å². The summed E-state index contributed by atoms with van der Waals surface area (Å²) in [6.07, 6.45) is 5.19. The van der Waals surface area contributed by atoms with Crippen LogP contribution < -0.4 is 5.32 Å². The van der Waals surface area contributed by atoms with Gasteiger partial charge in [0.05, 0.1) is 11.6 Å². The van der Waals surface area contributed by atoms with Gasteiger partial charge in [-0.25, -0.2) is 4.79 Å². The largest absolute Gasteiger partial charge is 0.481 e. The summed E-state index contributed by atoms with van der Waals surface area (Å²) in [5.41, 5.74) is -0.780. The van der Waals surface area contributed by atoms with Crippen LogP contribution in [0, 0.1) is 5.41 Å². The Morgan fingerprint density at radius 1 is 1.48 bits per heavy atom. The first-order valence-electron chi connectivity index (χ1n) is 7.18. The molecule has 1 aromatic rings. The van der Waals surface area contributed by atoms with E-state index in [2.05, 4.69) is 15.6 Å². The van der Waals surface area contributed by atoms with Crippen LogP contribution in [0.5, 0.6) is 0 Å². The number of carboxylic acid groups (broad SMARTS) is 1.